The van der Waals surface area contributed by atoms with Crippen molar-refractivity contribution < 1.29 is 9.47 Å². The predicted molar refractivity (Wildman–Crippen MR) is 234 cm³/mol. The van der Waals surface area contributed by atoms with Crippen LogP contribution in [0, 0.1) is 22.9 Å². The fourth-order valence-corrected chi connectivity index (χ4v) is 10.6. The normalized spacial score (nSPS) is 13.3. The van der Waals surface area contributed by atoms with Crippen LogP contribution in [-0.2, 0) is 25.7 Å². The quantitative estimate of drug-likeness (QED) is 0.0982. The van der Waals surface area contributed by atoms with Crippen LogP contribution in [0.15, 0.2) is 69.6 Å². The largest absolute Gasteiger partial charge is 0.496 e. The maximum atomic E-state index is 5.96. The summed E-state index contributed by atoms with van der Waals surface area (Å²) in [6.45, 7) is 14.0. The summed E-state index contributed by atoms with van der Waals surface area (Å²) in [5.41, 5.74) is 20.3. The molecule has 6 heteroatoms. The Hall–Kier alpha value is -3.79. The topological polar surface area (TPSA) is 18.5 Å². The molecule has 0 saturated carbocycles. The molecule has 0 aliphatic heterocycles. The summed E-state index contributed by atoms with van der Waals surface area (Å²) < 4.78 is 13.9. The van der Waals surface area contributed by atoms with E-state index in [-0.39, 0.29) is 0 Å². The molecule has 0 amide bonds. The van der Waals surface area contributed by atoms with Gasteiger partial charge in [-0.15, -0.1) is 11.1 Å². The molecule has 2 aliphatic carbocycles. The van der Waals surface area contributed by atoms with E-state index < -0.39 is 16.1 Å². The predicted octanol–water partition coefficient (Wildman–Crippen LogP) is 12.7. The lowest BCUT2D eigenvalue weighted by molar-refractivity contribution is 0.412. The molecule has 0 N–H and O–H groups in total. The number of hydrogen-bond acceptors (Lipinski definition) is 2. The molecule has 2 aliphatic rings. The van der Waals surface area contributed by atoms with Crippen molar-refractivity contribution in [2.24, 2.45) is 0 Å². The van der Waals surface area contributed by atoms with Crippen LogP contribution >= 0.6 is 31.9 Å². The highest BCUT2D eigenvalue weighted by atomic mass is 79.9. The Morgan fingerprint density at radius 2 is 0.942 bits per heavy atom. The van der Waals surface area contributed by atoms with Gasteiger partial charge in [-0.3, -0.25) is 0 Å². The molecular weight excluding hydrogens is 800 g/mol. The van der Waals surface area contributed by atoms with Crippen LogP contribution < -0.4 is 9.47 Å². The zero-order chi connectivity index (χ0) is 36.7. The molecule has 0 saturated heterocycles. The molecule has 8 rings (SSSR count). The SMILES string of the molecule is COc1ccc2c(c1Br)-c1c3c(c4c(C#C[Si](C)(C)C)c5cc6ccccc6cc5c(C#C[Si](C)(C)C)c4c1CC2)CCc1ccc(OC)c(Br)c1-3. The molecule has 2 nitrogen and oxygen atoms in total. The van der Waals surface area contributed by atoms with Crippen LogP contribution in [0.25, 0.3) is 54.6 Å². The van der Waals surface area contributed by atoms with Gasteiger partial charge in [-0.1, -0.05) is 87.5 Å². The Labute approximate surface area is 326 Å². The molecule has 0 radical (unpaired) electrons. The van der Waals surface area contributed by atoms with E-state index in [1.165, 1.54) is 76.8 Å². The van der Waals surface area contributed by atoms with Crippen molar-refractivity contribution in [2.45, 2.75) is 65.0 Å². The highest BCUT2D eigenvalue weighted by Crippen LogP contribution is 2.56. The first-order valence-electron chi connectivity index (χ1n) is 18.1. The molecule has 6 aromatic rings. The molecule has 0 unspecified atom stereocenters. The molecule has 0 atom stereocenters. The average Bonchev–Trinajstić information content (AvgIpc) is 3.11. The third-order valence-corrected chi connectivity index (χ3v) is 13.7. The van der Waals surface area contributed by atoms with E-state index in [1.807, 2.05) is 0 Å². The second kappa shape index (κ2) is 13.0. The first-order chi connectivity index (χ1) is 24.8. The van der Waals surface area contributed by atoms with Crippen molar-refractivity contribution in [3.63, 3.8) is 0 Å². The molecule has 0 heterocycles. The molecule has 0 bridgehead atoms. The van der Waals surface area contributed by atoms with Crippen molar-refractivity contribution in [2.75, 3.05) is 14.2 Å². The number of rotatable bonds is 2. The van der Waals surface area contributed by atoms with E-state index in [0.717, 1.165) is 57.3 Å². The van der Waals surface area contributed by atoms with E-state index in [4.69, 9.17) is 9.47 Å². The molecule has 0 fully saturated rings. The molecule has 6 aromatic carbocycles. The van der Waals surface area contributed by atoms with Crippen molar-refractivity contribution in [3.8, 4) is 56.7 Å². The lowest BCUT2D eigenvalue weighted by atomic mass is 9.71. The summed E-state index contributed by atoms with van der Waals surface area (Å²) in [7, 11) is -0.00274. The van der Waals surface area contributed by atoms with Crippen LogP contribution in [0.2, 0.25) is 39.3 Å². The number of halogens is 2. The van der Waals surface area contributed by atoms with Gasteiger partial charge in [-0.25, -0.2) is 0 Å². The van der Waals surface area contributed by atoms with E-state index in [9.17, 15) is 0 Å². The highest BCUT2D eigenvalue weighted by molar-refractivity contribution is 9.11. The maximum Gasteiger partial charge on any atom is 0.133 e. The first kappa shape index (κ1) is 35.3. The molecule has 260 valence electrons. The van der Waals surface area contributed by atoms with Crippen LogP contribution in [-0.4, -0.2) is 30.4 Å². The van der Waals surface area contributed by atoms with Crippen molar-refractivity contribution in [1.29, 1.82) is 0 Å². The fraction of sp³-hybridized carbons (Fsp3) is 0.261. The van der Waals surface area contributed by atoms with E-state index >= 15 is 0 Å². The second-order valence-electron chi connectivity index (χ2n) is 16.2. The van der Waals surface area contributed by atoms with Crippen LogP contribution in [0.5, 0.6) is 11.5 Å². The Balaban J connectivity index is 1.71. The van der Waals surface area contributed by atoms with Gasteiger partial charge in [0, 0.05) is 33.0 Å². The zero-order valence-corrected chi connectivity index (χ0v) is 36.3. The highest BCUT2D eigenvalue weighted by Gasteiger charge is 2.35. The monoisotopic (exact) mass is 840 g/mol. The van der Waals surface area contributed by atoms with Gasteiger partial charge >= 0.3 is 0 Å². The van der Waals surface area contributed by atoms with Crippen LogP contribution in [0.3, 0.4) is 0 Å². The Kier molecular flexibility index (Phi) is 8.79. The third kappa shape index (κ3) is 5.84. The lowest BCUT2D eigenvalue weighted by Crippen LogP contribution is -2.17. The minimum absolute atomic E-state index is 0.839. The van der Waals surface area contributed by atoms with Gasteiger partial charge in [0.2, 0.25) is 0 Å². The van der Waals surface area contributed by atoms with Gasteiger partial charge in [-0.2, -0.15) is 0 Å². The Morgan fingerprint density at radius 3 is 1.31 bits per heavy atom. The van der Waals surface area contributed by atoms with Gasteiger partial charge in [-0.05, 0) is 137 Å². The summed E-state index contributed by atoms with van der Waals surface area (Å²) in [6.07, 6.45) is 3.67. The third-order valence-electron chi connectivity index (χ3n) is 10.4. The Bertz CT molecular complexity index is 2470. The van der Waals surface area contributed by atoms with Gasteiger partial charge in [0.1, 0.15) is 27.6 Å². The molecule has 0 aromatic heterocycles. The van der Waals surface area contributed by atoms with Crippen molar-refractivity contribution in [3.05, 3.63) is 103 Å². The van der Waals surface area contributed by atoms with Crippen LogP contribution in [0.1, 0.15) is 33.4 Å². The van der Waals surface area contributed by atoms with Gasteiger partial charge < -0.3 is 9.47 Å². The fourth-order valence-electron chi connectivity index (χ4n) is 8.13. The van der Waals surface area contributed by atoms with Crippen LogP contribution in [0.4, 0.5) is 0 Å². The summed E-state index contributed by atoms with van der Waals surface area (Å²) in [6, 6.07) is 22.2. The number of ether oxygens (including phenoxy) is 2. The Morgan fingerprint density at radius 1 is 0.538 bits per heavy atom. The van der Waals surface area contributed by atoms with Crippen molar-refractivity contribution >= 4 is 80.3 Å². The second-order valence-corrected chi connectivity index (χ2v) is 27.3. The van der Waals surface area contributed by atoms with E-state index in [2.05, 4.69) is 155 Å². The maximum absolute atomic E-state index is 5.96. The summed E-state index contributed by atoms with van der Waals surface area (Å²) >= 11 is 8.15. The van der Waals surface area contributed by atoms with Gasteiger partial charge in [0.05, 0.1) is 23.2 Å². The smallest absolute Gasteiger partial charge is 0.133 e. The number of fused-ring (bicyclic) bond motifs is 12. The molecule has 52 heavy (non-hydrogen) atoms. The molecule has 0 spiro atoms. The van der Waals surface area contributed by atoms with E-state index in [0.29, 0.717) is 0 Å². The first-order valence-corrected chi connectivity index (χ1v) is 26.7. The minimum atomic E-state index is -1.76. The lowest BCUT2D eigenvalue weighted by Gasteiger charge is -2.33. The number of methoxy groups -OCH3 is 2. The summed E-state index contributed by atoms with van der Waals surface area (Å²) in [5, 5.41) is 7.42. The molecular formula is C46H42Br2O2Si2. The minimum Gasteiger partial charge on any atom is -0.496 e. The van der Waals surface area contributed by atoms with Gasteiger partial charge in [0.15, 0.2) is 0 Å². The summed E-state index contributed by atoms with van der Waals surface area (Å²) in [5.74, 6) is 9.50. The van der Waals surface area contributed by atoms with E-state index in [1.54, 1.807) is 14.2 Å². The number of hydrogen-bond donors (Lipinski definition) is 0. The number of benzene rings is 6. The number of aryl methyl sites for hydroxylation is 4. The van der Waals surface area contributed by atoms with Crippen molar-refractivity contribution in [1.82, 2.24) is 0 Å². The summed E-state index contributed by atoms with van der Waals surface area (Å²) in [4.78, 5) is 0. The standard InChI is InChI=1S/C46H42Br2O2Si2/c1-49-37-19-15-27-13-17-33-41-31(21-23-51(3,4)5)35-25-29-11-9-10-12-30(29)26-36(35)32(22-24-52(6,7)8)42(41)34-18-14-28-16-20-38(50-2)46(48)40(28)44(34)43(33)39(27)45(37)47/h9-12,15-16,19-20,25-26H,13-14,17-18H2,1-8H3. The van der Waals surface area contributed by atoms with Gasteiger partial charge in [0.25, 0.3) is 0 Å². The zero-order valence-electron chi connectivity index (χ0n) is 31.2. The average molecular weight is 843 g/mol.